The Kier molecular flexibility index (Phi) is 4.85. The normalized spacial score (nSPS) is 11.9. The molecule has 1 aromatic heterocycles. The molecule has 2 nitrogen and oxygen atoms in total. The Morgan fingerprint density at radius 1 is 0.929 bits per heavy atom. The number of oxazole rings is 1. The SMILES string of the molecule is Fc1ccccc1-c1ccc2nc(SCc3ccc(C(F)(F)F)cc3)oc2c1. The molecule has 0 unspecified atom stereocenters. The molecule has 0 bridgehead atoms. The van der Waals surface area contributed by atoms with Crippen molar-refractivity contribution in [3.63, 3.8) is 0 Å². The minimum Gasteiger partial charge on any atom is -0.431 e. The second-order valence-electron chi connectivity index (χ2n) is 6.13. The van der Waals surface area contributed by atoms with E-state index in [0.717, 1.165) is 17.7 Å². The molecule has 3 aromatic carbocycles. The van der Waals surface area contributed by atoms with Gasteiger partial charge in [-0.3, -0.25) is 0 Å². The van der Waals surface area contributed by atoms with Crippen LogP contribution in [0.1, 0.15) is 11.1 Å². The second-order valence-corrected chi connectivity index (χ2v) is 7.05. The van der Waals surface area contributed by atoms with Gasteiger partial charge in [0, 0.05) is 11.3 Å². The van der Waals surface area contributed by atoms with Crippen molar-refractivity contribution in [2.24, 2.45) is 0 Å². The number of alkyl halides is 3. The molecule has 0 amide bonds. The van der Waals surface area contributed by atoms with E-state index in [9.17, 15) is 17.6 Å². The number of rotatable bonds is 4. The molecule has 4 aromatic rings. The molecule has 7 heteroatoms. The average Bonchev–Trinajstić information content (AvgIpc) is 3.08. The van der Waals surface area contributed by atoms with Gasteiger partial charge in [-0.15, -0.1) is 0 Å². The Hall–Kier alpha value is -2.80. The molecule has 0 saturated heterocycles. The zero-order valence-corrected chi connectivity index (χ0v) is 15.2. The number of hydrogen-bond acceptors (Lipinski definition) is 3. The molecule has 28 heavy (non-hydrogen) atoms. The first-order chi connectivity index (χ1) is 13.4. The third-order valence-corrected chi connectivity index (χ3v) is 5.10. The largest absolute Gasteiger partial charge is 0.431 e. The molecule has 4 rings (SSSR count). The van der Waals surface area contributed by atoms with E-state index in [-0.39, 0.29) is 5.82 Å². The van der Waals surface area contributed by atoms with Crippen LogP contribution in [0, 0.1) is 5.82 Å². The summed E-state index contributed by atoms with van der Waals surface area (Å²) in [6, 6.07) is 16.7. The third kappa shape index (κ3) is 3.89. The van der Waals surface area contributed by atoms with Crippen molar-refractivity contribution in [1.82, 2.24) is 4.98 Å². The van der Waals surface area contributed by atoms with Gasteiger partial charge in [-0.05, 0) is 41.5 Å². The van der Waals surface area contributed by atoms with Gasteiger partial charge < -0.3 is 4.42 Å². The Labute approximate surface area is 162 Å². The van der Waals surface area contributed by atoms with E-state index in [1.807, 2.05) is 0 Å². The lowest BCUT2D eigenvalue weighted by Crippen LogP contribution is -2.04. The summed E-state index contributed by atoms with van der Waals surface area (Å²) >= 11 is 1.28. The number of nitrogens with zero attached hydrogens (tertiary/aromatic N) is 1. The minimum atomic E-state index is -4.35. The highest BCUT2D eigenvalue weighted by Crippen LogP contribution is 2.32. The molecule has 0 fully saturated rings. The zero-order valence-electron chi connectivity index (χ0n) is 14.3. The number of halogens is 4. The molecule has 0 aliphatic heterocycles. The van der Waals surface area contributed by atoms with Crippen LogP contribution in [0.15, 0.2) is 76.4 Å². The van der Waals surface area contributed by atoms with Crippen LogP contribution < -0.4 is 0 Å². The maximum absolute atomic E-state index is 14.0. The van der Waals surface area contributed by atoms with Gasteiger partial charge in [0.2, 0.25) is 0 Å². The third-order valence-electron chi connectivity index (χ3n) is 4.20. The summed E-state index contributed by atoms with van der Waals surface area (Å²) in [5, 5.41) is 0.403. The Morgan fingerprint density at radius 2 is 1.68 bits per heavy atom. The van der Waals surface area contributed by atoms with E-state index in [1.165, 1.54) is 30.0 Å². The predicted molar refractivity (Wildman–Crippen MR) is 100 cm³/mol. The summed E-state index contributed by atoms with van der Waals surface area (Å²) in [6.45, 7) is 0. The van der Waals surface area contributed by atoms with Crippen LogP contribution in [0.2, 0.25) is 0 Å². The van der Waals surface area contributed by atoms with Gasteiger partial charge in [0.25, 0.3) is 5.22 Å². The monoisotopic (exact) mass is 403 g/mol. The topological polar surface area (TPSA) is 26.0 Å². The molecule has 0 aliphatic carbocycles. The molecule has 0 saturated carbocycles. The summed E-state index contributed by atoms with van der Waals surface area (Å²) in [5.74, 6) is 0.101. The molecule has 0 aliphatic rings. The van der Waals surface area contributed by atoms with Crippen molar-refractivity contribution < 1.29 is 22.0 Å². The van der Waals surface area contributed by atoms with Crippen molar-refractivity contribution in [2.75, 3.05) is 0 Å². The van der Waals surface area contributed by atoms with Gasteiger partial charge >= 0.3 is 6.18 Å². The molecular weight excluding hydrogens is 390 g/mol. The van der Waals surface area contributed by atoms with Gasteiger partial charge in [0.05, 0.1) is 5.56 Å². The maximum atomic E-state index is 14.0. The van der Waals surface area contributed by atoms with Crippen LogP contribution in [-0.2, 0) is 11.9 Å². The first-order valence-electron chi connectivity index (χ1n) is 8.34. The molecule has 0 N–H and O–H groups in total. The molecule has 0 radical (unpaired) electrons. The fourth-order valence-electron chi connectivity index (χ4n) is 2.76. The second kappa shape index (κ2) is 7.31. The van der Waals surface area contributed by atoms with Crippen LogP contribution in [0.4, 0.5) is 17.6 Å². The predicted octanol–water partition coefficient (Wildman–Crippen LogP) is 6.95. The molecule has 0 atom stereocenters. The fourth-order valence-corrected chi connectivity index (χ4v) is 3.56. The quantitative estimate of drug-likeness (QED) is 0.273. The van der Waals surface area contributed by atoms with Crippen LogP contribution in [-0.4, -0.2) is 4.98 Å². The summed E-state index contributed by atoms with van der Waals surface area (Å²) in [5.41, 5.74) is 2.36. The van der Waals surface area contributed by atoms with Crippen molar-refractivity contribution in [3.8, 4) is 11.1 Å². The number of benzene rings is 3. The van der Waals surface area contributed by atoms with Crippen molar-refractivity contribution in [1.29, 1.82) is 0 Å². The van der Waals surface area contributed by atoms with E-state index < -0.39 is 11.7 Å². The lowest BCUT2D eigenvalue weighted by Gasteiger charge is -2.06. The van der Waals surface area contributed by atoms with Crippen LogP contribution in [0.5, 0.6) is 0 Å². The van der Waals surface area contributed by atoms with Crippen LogP contribution in [0.3, 0.4) is 0 Å². The standard InChI is InChI=1S/C21H13F4NOS/c22-17-4-2-1-3-16(17)14-7-10-18-19(11-14)27-20(26-18)28-12-13-5-8-15(9-6-13)21(23,24)25/h1-11H,12H2. The first kappa shape index (κ1) is 18.6. The number of fused-ring (bicyclic) bond motifs is 1. The molecule has 1 heterocycles. The van der Waals surface area contributed by atoms with E-state index in [1.54, 1.807) is 36.4 Å². The van der Waals surface area contributed by atoms with Crippen molar-refractivity contribution >= 4 is 22.9 Å². The summed E-state index contributed by atoms with van der Waals surface area (Å²) < 4.78 is 57.5. The van der Waals surface area contributed by atoms with Gasteiger partial charge in [0.15, 0.2) is 5.58 Å². The van der Waals surface area contributed by atoms with E-state index in [2.05, 4.69) is 4.98 Å². The number of hydrogen-bond donors (Lipinski definition) is 0. The lowest BCUT2D eigenvalue weighted by molar-refractivity contribution is -0.137. The summed E-state index contributed by atoms with van der Waals surface area (Å²) in [6.07, 6.45) is -4.35. The van der Waals surface area contributed by atoms with Gasteiger partial charge in [0.1, 0.15) is 11.3 Å². The number of aromatic nitrogens is 1. The van der Waals surface area contributed by atoms with E-state index >= 15 is 0 Å². The average molecular weight is 403 g/mol. The highest BCUT2D eigenvalue weighted by molar-refractivity contribution is 7.98. The van der Waals surface area contributed by atoms with Crippen molar-refractivity contribution in [2.45, 2.75) is 17.2 Å². The fraction of sp³-hybridized carbons (Fsp3) is 0.0952. The van der Waals surface area contributed by atoms with Crippen molar-refractivity contribution in [3.05, 3.63) is 83.7 Å². The summed E-state index contributed by atoms with van der Waals surface area (Å²) in [7, 11) is 0. The van der Waals surface area contributed by atoms with Crippen LogP contribution in [0.25, 0.3) is 22.2 Å². The molecular formula is C21H13F4NOS. The zero-order chi connectivity index (χ0) is 19.7. The Morgan fingerprint density at radius 3 is 2.39 bits per heavy atom. The van der Waals surface area contributed by atoms with E-state index in [0.29, 0.717) is 33.2 Å². The Balaban J connectivity index is 1.51. The molecule has 142 valence electrons. The minimum absolute atomic E-state index is 0.321. The molecule has 0 spiro atoms. The number of thioether (sulfide) groups is 1. The maximum Gasteiger partial charge on any atom is 0.416 e. The lowest BCUT2D eigenvalue weighted by atomic mass is 10.1. The van der Waals surface area contributed by atoms with Gasteiger partial charge in [-0.1, -0.05) is 48.2 Å². The first-order valence-corrected chi connectivity index (χ1v) is 9.33. The smallest absolute Gasteiger partial charge is 0.416 e. The highest BCUT2D eigenvalue weighted by atomic mass is 32.2. The summed E-state index contributed by atoms with van der Waals surface area (Å²) in [4.78, 5) is 4.36. The Bertz CT molecular complexity index is 1120. The van der Waals surface area contributed by atoms with E-state index in [4.69, 9.17) is 4.42 Å². The highest BCUT2D eigenvalue weighted by Gasteiger charge is 2.29. The van der Waals surface area contributed by atoms with Crippen LogP contribution >= 0.6 is 11.8 Å². The van der Waals surface area contributed by atoms with Gasteiger partial charge in [-0.25, -0.2) is 9.37 Å². The van der Waals surface area contributed by atoms with Gasteiger partial charge in [-0.2, -0.15) is 13.2 Å².